The number of H-pyrrole nitrogens is 1. The van der Waals surface area contributed by atoms with Gasteiger partial charge in [-0.05, 0) is 18.4 Å². The van der Waals surface area contributed by atoms with Gasteiger partial charge in [-0.25, -0.2) is 9.55 Å². The predicted octanol–water partition coefficient (Wildman–Crippen LogP) is 12.2. The molecule has 0 saturated carbocycles. The zero-order valence-corrected chi connectivity index (χ0v) is 27.0. The molecule has 0 amide bonds. The van der Waals surface area contributed by atoms with Crippen molar-refractivity contribution in [2.24, 2.45) is 0 Å². The highest BCUT2D eigenvalue weighted by molar-refractivity contribution is 5.13. The van der Waals surface area contributed by atoms with Gasteiger partial charge >= 0.3 is 0 Å². The Balaban J connectivity index is 1.66. The van der Waals surface area contributed by atoms with Crippen LogP contribution in [0.3, 0.4) is 0 Å². The summed E-state index contributed by atoms with van der Waals surface area (Å²) in [7, 11) is 0. The number of aromatic amines is 1. The van der Waals surface area contributed by atoms with Crippen LogP contribution in [0.2, 0.25) is 0 Å². The molecular formula is C38H67N2+. The smallest absolute Gasteiger partial charge is 0.247 e. The van der Waals surface area contributed by atoms with E-state index in [9.17, 15) is 0 Å². The van der Waals surface area contributed by atoms with Gasteiger partial charge in [-0.3, -0.25) is 0 Å². The lowest BCUT2D eigenvalue weighted by Crippen LogP contribution is -2.38. The molecule has 2 heteroatoms. The highest BCUT2D eigenvalue weighted by Crippen LogP contribution is 2.26. The van der Waals surface area contributed by atoms with Crippen LogP contribution < -0.4 is 4.57 Å². The number of hydrogen-bond acceptors (Lipinski definition) is 0. The highest BCUT2D eigenvalue weighted by atomic mass is 15.1. The fourth-order valence-corrected chi connectivity index (χ4v) is 6.35. The fourth-order valence-electron chi connectivity index (χ4n) is 6.35. The molecule has 1 aromatic carbocycles. The lowest BCUT2D eigenvalue weighted by Gasteiger charge is -2.14. The average molecular weight is 552 g/mol. The van der Waals surface area contributed by atoms with Gasteiger partial charge in [0, 0.05) is 0 Å². The molecule has 1 heterocycles. The second-order valence-corrected chi connectivity index (χ2v) is 12.7. The lowest BCUT2D eigenvalue weighted by atomic mass is 9.93. The first-order valence-corrected chi connectivity index (χ1v) is 18.0. The topological polar surface area (TPSA) is 19.7 Å². The summed E-state index contributed by atoms with van der Waals surface area (Å²) < 4.78 is 2.48. The number of nitrogens with one attached hydrogen (secondary N) is 1. The Kier molecular flexibility index (Phi) is 21.8. The van der Waals surface area contributed by atoms with Gasteiger partial charge in [-0.15, -0.1) is 0 Å². The summed E-state index contributed by atoms with van der Waals surface area (Å²) in [5.41, 5.74) is 1.40. The van der Waals surface area contributed by atoms with Crippen molar-refractivity contribution in [3.8, 4) is 0 Å². The molecule has 0 aliphatic heterocycles. The fraction of sp³-hybridized carbons (Fsp3) is 0.763. The van der Waals surface area contributed by atoms with Crippen LogP contribution in [0.25, 0.3) is 0 Å². The van der Waals surface area contributed by atoms with Crippen molar-refractivity contribution in [3.05, 3.63) is 54.1 Å². The van der Waals surface area contributed by atoms with E-state index in [1.165, 1.54) is 172 Å². The zero-order chi connectivity index (χ0) is 28.4. The van der Waals surface area contributed by atoms with Crippen LogP contribution in [0.5, 0.6) is 0 Å². The molecule has 2 aromatic rings. The Morgan fingerprint density at radius 1 is 0.525 bits per heavy atom. The van der Waals surface area contributed by atoms with Gasteiger partial charge in [-0.1, -0.05) is 192 Å². The normalized spacial score (nSPS) is 12.2. The van der Waals surface area contributed by atoms with Gasteiger partial charge < -0.3 is 0 Å². The molecule has 228 valence electrons. The molecule has 1 atom stereocenters. The summed E-state index contributed by atoms with van der Waals surface area (Å²) >= 11 is 0. The minimum absolute atomic E-state index is 0.667. The van der Waals surface area contributed by atoms with Crippen LogP contribution in [0.4, 0.5) is 0 Å². The maximum atomic E-state index is 3.67. The van der Waals surface area contributed by atoms with Crippen LogP contribution in [0.15, 0.2) is 42.7 Å². The minimum Gasteiger partial charge on any atom is -0.247 e. The first kappa shape index (κ1) is 34.6. The third-order valence-corrected chi connectivity index (χ3v) is 8.94. The molecule has 0 aliphatic carbocycles. The summed E-state index contributed by atoms with van der Waals surface area (Å²) in [6.45, 7) is 5.59. The Bertz CT molecular complexity index is 780. The first-order valence-electron chi connectivity index (χ1n) is 18.0. The largest absolute Gasteiger partial charge is 0.257 e. The van der Waals surface area contributed by atoms with Crippen LogP contribution in [0, 0.1) is 0 Å². The molecular weight excluding hydrogens is 484 g/mol. The molecule has 0 unspecified atom stereocenters. The van der Waals surface area contributed by atoms with Crippen molar-refractivity contribution in [2.75, 3.05) is 0 Å². The Morgan fingerprint density at radius 3 is 1.35 bits per heavy atom. The van der Waals surface area contributed by atoms with E-state index in [0.717, 1.165) is 6.54 Å². The van der Waals surface area contributed by atoms with E-state index in [1.54, 1.807) is 0 Å². The average Bonchev–Trinajstić information content (AvgIpc) is 3.43. The summed E-state index contributed by atoms with van der Waals surface area (Å²) in [6, 6.07) is 11.0. The molecule has 0 radical (unpaired) electrons. The molecule has 0 saturated heterocycles. The Morgan fingerprint density at radius 2 is 0.925 bits per heavy atom. The highest BCUT2D eigenvalue weighted by Gasteiger charge is 2.22. The van der Waals surface area contributed by atoms with Crippen LogP contribution >= 0.6 is 0 Å². The lowest BCUT2D eigenvalue weighted by molar-refractivity contribution is -0.695. The van der Waals surface area contributed by atoms with Gasteiger partial charge in [0.2, 0.25) is 0 Å². The standard InChI is InChI=1S/C38H66N2/c1-3-5-7-9-11-13-14-15-16-17-19-21-23-28-32-37(31-27-22-20-18-12-10-8-6-4-2)38-39-33-34-40(38)35-36-29-25-24-26-30-36/h24-26,29-30,33-34,37H,3-23,27-28,31-32,35H2,1-2H3/p+1/t37-/m0/s1. The molecule has 0 bridgehead atoms. The number of nitrogens with zero attached hydrogens (tertiary/aromatic N) is 1. The molecule has 0 aliphatic rings. The SMILES string of the molecule is CCCCCCCCCCCCCCCC[C@H](CCCCCCCCCCC)c1[nH]cc[n+]1Cc1ccccc1. The number of aromatic nitrogens is 2. The molecule has 0 fully saturated rings. The van der Waals surface area contributed by atoms with Gasteiger partial charge in [0.1, 0.15) is 18.9 Å². The van der Waals surface area contributed by atoms with Crippen molar-refractivity contribution >= 4 is 0 Å². The number of unbranched alkanes of at least 4 members (excludes halogenated alkanes) is 21. The number of rotatable bonds is 28. The van der Waals surface area contributed by atoms with E-state index in [1.807, 2.05) is 0 Å². The summed E-state index contributed by atoms with van der Waals surface area (Å²) in [5.74, 6) is 2.12. The van der Waals surface area contributed by atoms with Crippen LogP contribution in [0.1, 0.15) is 192 Å². The Hall–Kier alpha value is -1.57. The van der Waals surface area contributed by atoms with Crippen molar-refractivity contribution in [2.45, 2.75) is 187 Å². The van der Waals surface area contributed by atoms with Crippen molar-refractivity contribution in [3.63, 3.8) is 0 Å². The van der Waals surface area contributed by atoms with Crippen LogP contribution in [-0.2, 0) is 6.54 Å². The third-order valence-electron chi connectivity index (χ3n) is 8.94. The summed E-state index contributed by atoms with van der Waals surface area (Å²) in [6.07, 6.45) is 39.9. The molecule has 2 nitrogen and oxygen atoms in total. The first-order chi connectivity index (χ1) is 19.8. The van der Waals surface area contributed by atoms with Crippen molar-refractivity contribution < 1.29 is 4.57 Å². The van der Waals surface area contributed by atoms with Gasteiger partial charge in [0.25, 0.3) is 5.82 Å². The minimum atomic E-state index is 0.667. The summed E-state index contributed by atoms with van der Waals surface area (Å²) in [5, 5.41) is 0. The van der Waals surface area contributed by atoms with Crippen molar-refractivity contribution in [1.82, 2.24) is 4.98 Å². The van der Waals surface area contributed by atoms with E-state index in [4.69, 9.17) is 0 Å². The maximum Gasteiger partial charge on any atom is 0.257 e. The molecule has 1 N–H and O–H groups in total. The van der Waals surface area contributed by atoms with E-state index >= 15 is 0 Å². The quantitative estimate of drug-likeness (QED) is 0.0801. The maximum absolute atomic E-state index is 3.67. The predicted molar refractivity (Wildman–Crippen MR) is 176 cm³/mol. The number of hydrogen-bond donors (Lipinski definition) is 1. The monoisotopic (exact) mass is 552 g/mol. The van der Waals surface area contributed by atoms with E-state index in [2.05, 4.69) is 66.1 Å². The molecule has 2 rings (SSSR count). The molecule has 0 spiro atoms. The van der Waals surface area contributed by atoms with Gasteiger partial charge in [0.05, 0.1) is 5.92 Å². The van der Waals surface area contributed by atoms with E-state index in [0.29, 0.717) is 5.92 Å². The summed E-state index contributed by atoms with van der Waals surface area (Å²) in [4.78, 5) is 3.67. The van der Waals surface area contributed by atoms with Crippen molar-refractivity contribution in [1.29, 1.82) is 0 Å². The van der Waals surface area contributed by atoms with Crippen LogP contribution in [-0.4, -0.2) is 4.98 Å². The Labute approximate surface area is 250 Å². The molecule has 1 aromatic heterocycles. The zero-order valence-electron chi connectivity index (χ0n) is 27.0. The number of benzene rings is 1. The van der Waals surface area contributed by atoms with E-state index in [-0.39, 0.29) is 0 Å². The second kappa shape index (κ2) is 25.2. The van der Waals surface area contributed by atoms with Gasteiger partial charge in [-0.2, -0.15) is 0 Å². The third kappa shape index (κ3) is 17.3. The molecule has 40 heavy (non-hydrogen) atoms. The van der Waals surface area contributed by atoms with Gasteiger partial charge in [0.15, 0.2) is 0 Å². The van der Waals surface area contributed by atoms with E-state index < -0.39 is 0 Å². The second-order valence-electron chi connectivity index (χ2n) is 12.7. The number of imidazole rings is 1.